The number of benzene rings is 9. The SMILES string of the molecule is c1ccc(N(c2ccccc2)C2(c3ccccc3)c3ccccc3-c3ccc(Cc4ccc5c6ccccc6n(-c6ccc7ccccc7c6)c5c4)cc32)cc1. The molecule has 2 nitrogen and oxygen atoms in total. The van der Waals surface area contributed by atoms with Gasteiger partial charge in [0.25, 0.3) is 0 Å². The zero-order chi connectivity index (χ0) is 37.1. The van der Waals surface area contributed by atoms with Crippen molar-refractivity contribution in [3.8, 4) is 16.8 Å². The van der Waals surface area contributed by atoms with Crippen molar-refractivity contribution in [3.63, 3.8) is 0 Å². The Labute approximate surface area is 327 Å². The Bertz CT molecular complexity index is 3010. The van der Waals surface area contributed by atoms with E-state index in [1.807, 2.05) is 0 Å². The lowest BCUT2D eigenvalue weighted by molar-refractivity contribution is 0.643. The molecule has 0 fully saturated rings. The first kappa shape index (κ1) is 32.3. The summed E-state index contributed by atoms with van der Waals surface area (Å²) in [6.07, 6.45) is 0.806. The van der Waals surface area contributed by atoms with Gasteiger partial charge in [-0.05, 0) is 105 Å². The van der Waals surface area contributed by atoms with Crippen molar-refractivity contribution in [2.45, 2.75) is 12.0 Å². The Kier molecular flexibility index (Phi) is 7.50. The van der Waals surface area contributed by atoms with Gasteiger partial charge in [-0.2, -0.15) is 0 Å². The van der Waals surface area contributed by atoms with Gasteiger partial charge in [-0.3, -0.25) is 0 Å². The molecule has 11 rings (SSSR count). The van der Waals surface area contributed by atoms with Gasteiger partial charge in [0.1, 0.15) is 5.54 Å². The monoisotopic (exact) mass is 714 g/mol. The molecule has 1 aromatic heterocycles. The molecule has 1 heterocycles. The first-order valence-corrected chi connectivity index (χ1v) is 19.5. The molecular weight excluding hydrogens is 677 g/mol. The van der Waals surface area contributed by atoms with Gasteiger partial charge in [0.15, 0.2) is 0 Å². The van der Waals surface area contributed by atoms with Crippen LogP contribution in [0.3, 0.4) is 0 Å². The zero-order valence-corrected chi connectivity index (χ0v) is 30.9. The van der Waals surface area contributed by atoms with Crippen LogP contribution in [0, 0.1) is 0 Å². The maximum absolute atomic E-state index is 2.56. The van der Waals surface area contributed by atoms with E-state index in [1.165, 1.54) is 77.2 Å². The lowest BCUT2D eigenvalue weighted by atomic mass is 9.77. The molecule has 0 N–H and O–H groups in total. The van der Waals surface area contributed by atoms with Gasteiger partial charge >= 0.3 is 0 Å². The molecule has 1 aliphatic rings. The van der Waals surface area contributed by atoms with Crippen LogP contribution in [-0.4, -0.2) is 4.57 Å². The third kappa shape index (κ3) is 4.96. The Balaban J connectivity index is 1.11. The maximum atomic E-state index is 2.56. The van der Waals surface area contributed by atoms with Crippen molar-refractivity contribution in [3.05, 3.63) is 246 Å². The topological polar surface area (TPSA) is 8.17 Å². The molecule has 0 saturated heterocycles. The van der Waals surface area contributed by atoms with Gasteiger partial charge in [0.05, 0.1) is 11.0 Å². The van der Waals surface area contributed by atoms with E-state index in [1.54, 1.807) is 0 Å². The van der Waals surface area contributed by atoms with Crippen LogP contribution in [0.4, 0.5) is 11.4 Å². The van der Waals surface area contributed by atoms with Gasteiger partial charge < -0.3 is 9.47 Å². The summed E-state index contributed by atoms with van der Waals surface area (Å²) in [6.45, 7) is 0. The Hall–Kier alpha value is -7.16. The number of fused-ring (bicyclic) bond motifs is 7. The first-order chi connectivity index (χ1) is 27.8. The average molecular weight is 715 g/mol. The fourth-order valence-electron chi connectivity index (χ4n) is 9.42. The van der Waals surface area contributed by atoms with Gasteiger partial charge in [-0.15, -0.1) is 0 Å². The highest BCUT2D eigenvalue weighted by Gasteiger charge is 2.50. The number of rotatable bonds is 7. The van der Waals surface area contributed by atoms with E-state index in [0.717, 1.165) is 17.8 Å². The summed E-state index contributed by atoms with van der Waals surface area (Å²) in [6, 6.07) is 80.4. The highest BCUT2D eigenvalue weighted by molar-refractivity contribution is 6.09. The van der Waals surface area contributed by atoms with Crippen LogP contribution in [0.25, 0.3) is 49.4 Å². The van der Waals surface area contributed by atoms with Gasteiger partial charge in [0.2, 0.25) is 0 Å². The average Bonchev–Trinajstić information content (AvgIpc) is 3.75. The van der Waals surface area contributed by atoms with E-state index in [0.29, 0.717) is 0 Å². The third-order valence-corrected chi connectivity index (χ3v) is 11.8. The normalized spacial score (nSPS) is 14.6. The summed E-state index contributed by atoms with van der Waals surface area (Å²) in [7, 11) is 0. The van der Waals surface area contributed by atoms with Gasteiger partial charge in [-0.1, -0.05) is 170 Å². The van der Waals surface area contributed by atoms with Crippen LogP contribution in [0.1, 0.15) is 27.8 Å². The summed E-state index contributed by atoms with van der Waals surface area (Å²) < 4.78 is 2.44. The van der Waals surface area contributed by atoms with Crippen molar-refractivity contribution in [1.29, 1.82) is 0 Å². The summed E-state index contributed by atoms with van der Waals surface area (Å²) in [5.41, 5.74) is 14.2. The second kappa shape index (κ2) is 13.0. The molecule has 1 aliphatic carbocycles. The van der Waals surface area contributed by atoms with Crippen LogP contribution in [-0.2, 0) is 12.0 Å². The molecule has 9 aromatic carbocycles. The van der Waals surface area contributed by atoms with E-state index in [4.69, 9.17) is 0 Å². The Morgan fingerprint density at radius 1 is 0.393 bits per heavy atom. The Morgan fingerprint density at radius 3 is 1.77 bits per heavy atom. The van der Waals surface area contributed by atoms with Gasteiger partial charge in [0, 0.05) is 27.8 Å². The predicted octanol–water partition coefficient (Wildman–Crippen LogP) is 13.6. The highest BCUT2D eigenvalue weighted by atomic mass is 15.2. The summed E-state index contributed by atoms with van der Waals surface area (Å²) in [4.78, 5) is 2.56. The smallest absolute Gasteiger partial charge is 0.122 e. The summed E-state index contributed by atoms with van der Waals surface area (Å²) in [5.74, 6) is 0. The fraction of sp³-hybridized carbons (Fsp3) is 0.0370. The van der Waals surface area contributed by atoms with Crippen molar-refractivity contribution >= 4 is 44.0 Å². The van der Waals surface area contributed by atoms with E-state index in [-0.39, 0.29) is 0 Å². The molecular formula is C54H38N2. The molecule has 10 aromatic rings. The van der Waals surface area contributed by atoms with E-state index >= 15 is 0 Å². The van der Waals surface area contributed by atoms with Crippen molar-refractivity contribution < 1.29 is 0 Å². The minimum absolute atomic E-state index is 0.627. The standard InChI is InChI=1S/C54H38N2/c1-4-18-42(19-5-1)54(56(43-20-6-2-7-21-43)44-22-8-3-9-23-44)50-26-14-12-24-46(50)47-32-28-38(35-51(47)54)34-39-29-33-49-48-25-13-15-27-52(48)55(53(49)36-39)45-31-30-40-16-10-11-17-41(40)37-45/h1-33,35-37H,34H2. The first-order valence-electron chi connectivity index (χ1n) is 19.5. The molecule has 56 heavy (non-hydrogen) atoms. The third-order valence-electron chi connectivity index (χ3n) is 11.8. The van der Waals surface area contributed by atoms with Crippen LogP contribution >= 0.6 is 0 Å². The number of anilines is 2. The number of hydrogen-bond donors (Lipinski definition) is 0. The molecule has 264 valence electrons. The van der Waals surface area contributed by atoms with E-state index < -0.39 is 5.54 Å². The van der Waals surface area contributed by atoms with Crippen LogP contribution in [0.15, 0.2) is 218 Å². The quantitative estimate of drug-likeness (QED) is 0.160. The lowest BCUT2D eigenvalue weighted by Gasteiger charge is -2.45. The number of aromatic nitrogens is 1. The minimum atomic E-state index is -0.627. The minimum Gasteiger partial charge on any atom is -0.323 e. The fourth-order valence-corrected chi connectivity index (χ4v) is 9.42. The van der Waals surface area contributed by atoms with Gasteiger partial charge in [-0.25, -0.2) is 0 Å². The lowest BCUT2D eigenvalue weighted by Crippen LogP contribution is -2.44. The molecule has 0 radical (unpaired) electrons. The van der Waals surface area contributed by atoms with Crippen LogP contribution in [0.2, 0.25) is 0 Å². The van der Waals surface area contributed by atoms with E-state index in [2.05, 4.69) is 228 Å². The number of hydrogen-bond acceptors (Lipinski definition) is 1. The van der Waals surface area contributed by atoms with Crippen LogP contribution in [0.5, 0.6) is 0 Å². The molecule has 0 amide bonds. The van der Waals surface area contributed by atoms with Crippen molar-refractivity contribution in [2.75, 3.05) is 4.90 Å². The van der Waals surface area contributed by atoms with Crippen molar-refractivity contribution in [2.24, 2.45) is 0 Å². The number of nitrogens with zero attached hydrogens (tertiary/aromatic N) is 2. The number of para-hydroxylation sites is 3. The highest BCUT2D eigenvalue weighted by Crippen LogP contribution is 2.57. The molecule has 1 atom stereocenters. The maximum Gasteiger partial charge on any atom is 0.122 e. The molecule has 2 heteroatoms. The summed E-state index contributed by atoms with van der Waals surface area (Å²) >= 11 is 0. The summed E-state index contributed by atoms with van der Waals surface area (Å²) in [5, 5.41) is 5.03. The van der Waals surface area contributed by atoms with Crippen LogP contribution < -0.4 is 4.90 Å². The van der Waals surface area contributed by atoms with Crippen molar-refractivity contribution in [1.82, 2.24) is 4.57 Å². The zero-order valence-electron chi connectivity index (χ0n) is 30.9. The molecule has 0 spiro atoms. The van der Waals surface area contributed by atoms with E-state index in [9.17, 15) is 0 Å². The Morgan fingerprint density at radius 2 is 0.982 bits per heavy atom. The molecule has 0 aliphatic heterocycles. The molecule has 1 unspecified atom stereocenters. The molecule has 0 bridgehead atoms. The second-order valence-electron chi connectivity index (χ2n) is 14.9. The second-order valence-corrected chi connectivity index (χ2v) is 14.9. The predicted molar refractivity (Wildman–Crippen MR) is 234 cm³/mol. The molecule has 0 saturated carbocycles. The largest absolute Gasteiger partial charge is 0.323 e.